The van der Waals surface area contributed by atoms with Crippen molar-refractivity contribution in [2.45, 2.75) is 16.8 Å². The van der Waals surface area contributed by atoms with Gasteiger partial charge in [-0.25, -0.2) is 4.79 Å². The van der Waals surface area contributed by atoms with Crippen LogP contribution in [0.25, 0.3) is 0 Å². The highest BCUT2D eigenvalue weighted by Crippen LogP contribution is 2.24. The Hall–Kier alpha value is -1.96. The van der Waals surface area contributed by atoms with Crippen molar-refractivity contribution in [3.63, 3.8) is 0 Å². The van der Waals surface area contributed by atoms with Gasteiger partial charge in [-0.1, -0.05) is 0 Å². The third-order valence-corrected chi connectivity index (χ3v) is 4.64. The van der Waals surface area contributed by atoms with Crippen molar-refractivity contribution in [2.24, 2.45) is 0 Å². The van der Waals surface area contributed by atoms with Crippen LogP contribution < -0.4 is 5.32 Å². The summed E-state index contributed by atoms with van der Waals surface area (Å²) in [5.74, 6) is 1.70. The number of hydrogen-bond acceptors (Lipinski definition) is 5. The van der Waals surface area contributed by atoms with Gasteiger partial charge in [-0.15, -0.1) is 11.8 Å². The smallest absolute Gasteiger partial charge is 0.322 e. The van der Waals surface area contributed by atoms with Crippen LogP contribution in [0.4, 0.5) is 10.5 Å². The average Bonchev–Trinajstić information content (AvgIpc) is 3.01. The van der Waals surface area contributed by atoms with E-state index in [1.54, 1.807) is 22.9 Å². The number of nitrogens with one attached hydrogen (secondary N) is 1. The molecule has 2 N–H and O–H groups in total. The van der Waals surface area contributed by atoms with E-state index in [4.69, 9.17) is 9.15 Å². The Morgan fingerprint density at radius 3 is 2.92 bits per heavy atom. The molecule has 0 spiro atoms. The summed E-state index contributed by atoms with van der Waals surface area (Å²) in [6, 6.07) is 11.3. The van der Waals surface area contributed by atoms with Gasteiger partial charge in [-0.2, -0.15) is 0 Å². The van der Waals surface area contributed by atoms with E-state index in [9.17, 15) is 9.90 Å². The van der Waals surface area contributed by atoms with E-state index in [1.807, 2.05) is 36.4 Å². The summed E-state index contributed by atoms with van der Waals surface area (Å²) in [5.41, 5.74) is 0.724. The predicted octanol–water partition coefficient (Wildman–Crippen LogP) is 2.80. The fourth-order valence-corrected chi connectivity index (χ4v) is 3.16. The van der Waals surface area contributed by atoms with Crippen LogP contribution >= 0.6 is 11.8 Å². The maximum Gasteiger partial charge on any atom is 0.322 e. The van der Waals surface area contributed by atoms with Crippen LogP contribution in [0, 0.1) is 0 Å². The summed E-state index contributed by atoms with van der Waals surface area (Å²) in [6.45, 7) is 1.46. The number of carbonyl (C=O) groups excluding carboxylic acids is 1. The standard InChI is InChI=1S/C17H20N2O4S/c20-14-10-19(7-9-22-11-14)17(21)18-13-3-5-16(6-4-13)24-12-15-2-1-8-23-15/h1-6,8,14,20H,7,9-12H2,(H,18,21)/t14-/m0/s1. The van der Waals surface area contributed by atoms with E-state index in [-0.39, 0.29) is 19.2 Å². The lowest BCUT2D eigenvalue weighted by molar-refractivity contribution is 0.0575. The lowest BCUT2D eigenvalue weighted by atomic mass is 10.3. The highest BCUT2D eigenvalue weighted by Gasteiger charge is 2.20. The van der Waals surface area contributed by atoms with E-state index in [0.29, 0.717) is 13.2 Å². The predicted molar refractivity (Wildman–Crippen MR) is 92.1 cm³/mol. The van der Waals surface area contributed by atoms with E-state index in [0.717, 1.165) is 22.1 Å². The molecule has 1 aromatic heterocycles. The molecular weight excluding hydrogens is 328 g/mol. The van der Waals surface area contributed by atoms with Crippen LogP contribution in [0.5, 0.6) is 0 Å². The molecule has 0 unspecified atom stereocenters. The van der Waals surface area contributed by atoms with E-state index in [1.165, 1.54) is 0 Å². The normalized spacial score (nSPS) is 18.2. The van der Waals surface area contributed by atoms with Gasteiger partial charge in [0, 0.05) is 17.1 Å². The molecule has 3 rings (SSSR count). The number of ether oxygens (including phenoxy) is 1. The maximum absolute atomic E-state index is 12.3. The van der Waals surface area contributed by atoms with Gasteiger partial charge in [0.05, 0.1) is 37.9 Å². The number of β-amino-alcohol motifs (C(OH)–C–C–N with tert-alkyl or cyclic N) is 1. The molecule has 7 heteroatoms. The second-order valence-electron chi connectivity index (χ2n) is 5.50. The first kappa shape index (κ1) is 16.9. The summed E-state index contributed by atoms with van der Waals surface area (Å²) in [6.07, 6.45) is 1.03. The number of amides is 2. The first-order valence-electron chi connectivity index (χ1n) is 7.78. The molecule has 0 aliphatic carbocycles. The molecule has 1 saturated heterocycles. The van der Waals surface area contributed by atoms with Crippen LogP contribution in [0.1, 0.15) is 5.76 Å². The summed E-state index contributed by atoms with van der Waals surface area (Å²) >= 11 is 1.67. The molecular formula is C17H20N2O4S. The molecule has 1 aliphatic rings. The number of thioether (sulfide) groups is 1. The number of urea groups is 1. The number of aliphatic hydroxyl groups is 1. The highest BCUT2D eigenvalue weighted by molar-refractivity contribution is 7.98. The summed E-state index contributed by atoms with van der Waals surface area (Å²) in [4.78, 5) is 14.9. The van der Waals surface area contributed by atoms with Gasteiger partial charge in [0.25, 0.3) is 0 Å². The van der Waals surface area contributed by atoms with Crippen molar-refractivity contribution >= 4 is 23.5 Å². The van der Waals surface area contributed by atoms with Crippen molar-refractivity contribution < 1.29 is 19.1 Å². The highest BCUT2D eigenvalue weighted by atomic mass is 32.2. The molecule has 2 aromatic rings. The number of rotatable bonds is 4. The molecule has 0 saturated carbocycles. The second kappa shape index (κ2) is 8.23. The van der Waals surface area contributed by atoms with Crippen molar-refractivity contribution in [2.75, 3.05) is 31.6 Å². The summed E-state index contributed by atoms with van der Waals surface area (Å²) in [5, 5.41) is 12.5. The molecule has 0 radical (unpaired) electrons. The van der Waals surface area contributed by atoms with Crippen LogP contribution in [0.2, 0.25) is 0 Å². The Morgan fingerprint density at radius 1 is 1.33 bits per heavy atom. The number of anilines is 1. The molecule has 2 amide bonds. The minimum Gasteiger partial charge on any atom is -0.468 e. The number of carbonyl (C=O) groups is 1. The molecule has 0 bridgehead atoms. The van der Waals surface area contributed by atoms with Crippen LogP contribution in [-0.4, -0.2) is 48.4 Å². The molecule has 1 atom stereocenters. The Bertz CT molecular complexity index is 645. The Labute approximate surface area is 144 Å². The lowest BCUT2D eigenvalue weighted by Crippen LogP contribution is -2.40. The molecule has 2 heterocycles. The fraction of sp³-hybridized carbons (Fsp3) is 0.353. The molecule has 1 aromatic carbocycles. The molecule has 6 nitrogen and oxygen atoms in total. The molecule has 1 aliphatic heterocycles. The molecule has 24 heavy (non-hydrogen) atoms. The quantitative estimate of drug-likeness (QED) is 0.831. The van der Waals surface area contributed by atoms with Crippen LogP contribution in [-0.2, 0) is 10.5 Å². The van der Waals surface area contributed by atoms with Crippen molar-refractivity contribution in [3.8, 4) is 0 Å². The third-order valence-electron chi connectivity index (χ3n) is 3.60. The van der Waals surface area contributed by atoms with Crippen LogP contribution in [0.3, 0.4) is 0 Å². The van der Waals surface area contributed by atoms with Gasteiger partial charge in [-0.3, -0.25) is 0 Å². The zero-order chi connectivity index (χ0) is 16.8. The first-order chi connectivity index (χ1) is 11.7. The van der Waals surface area contributed by atoms with Crippen molar-refractivity contribution in [1.82, 2.24) is 4.90 Å². The molecule has 128 valence electrons. The summed E-state index contributed by atoms with van der Waals surface area (Å²) in [7, 11) is 0. The zero-order valence-electron chi connectivity index (χ0n) is 13.2. The van der Waals surface area contributed by atoms with Gasteiger partial charge in [-0.05, 0) is 36.4 Å². The van der Waals surface area contributed by atoms with Gasteiger partial charge < -0.3 is 24.5 Å². The summed E-state index contributed by atoms with van der Waals surface area (Å²) < 4.78 is 10.5. The monoisotopic (exact) mass is 348 g/mol. The Balaban J connectivity index is 1.52. The largest absolute Gasteiger partial charge is 0.468 e. The number of aliphatic hydroxyl groups excluding tert-OH is 1. The van der Waals surface area contributed by atoms with E-state index < -0.39 is 6.10 Å². The Morgan fingerprint density at radius 2 is 2.17 bits per heavy atom. The van der Waals surface area contributed by atoms with Gasteiger partial charge >= 0.3 is 6.03 Å². The third kappa shape index (κ3) is 4.77. The number of benzene rings is 1. The number of hydrogen-bond donors (Lipinski definition) is 2. The maximum atomic E-state index is 12.3. The van der Waals surface area contributed by atoms with E-state index >= 15 is 0 Å². The van der Waals surface area contributed by atoms with Gasteiger partial charge in [0.1, 0.15) is 5.76 Å². The second-order valence-corrected chi connectivity index (χ2v) is 6.55. The topological polar surface area (TPSA) is 74.9 Å². The van der Waals surface area contributed by atoms with Gasteiger partial charge in [0.15, 0.2) is 0 Å². The zero-order valence-corrected chi connectivity index (χ0v) is 14.0. The minimum absolute atomic E-state index is 0.226. The first-order valence-corrected chi connectivity index (χ1v) is 8.76. The Kier molecular flexibility index (Phi) is 5.79. The SMILES string of the molecule is O=C(Nc1ccc(SCc2ccco2)cc1)N1CCOC[C@@H](O)C1. The number of furan rings is 1. The minimum atomic E-state index is -0.640. The average molecular weight is 348 g/mol. The van der Waals surface area contributed by atoms with Crippen LogP contribution in [0.15, 0.2) is 52.0 Å². The lowest BCUT2D eigenvalue weighted by Gasteiger charge is -2.21. The fourth-order valence-electron chi connectivity index (χ4n) is 2.36. The van der Waals surface area contributed by atoms with Crippen molar-refractivity contribution in [3.05, 3.63) is 48.4 Å². The van der Waals surface area contributed by atoms with Gasteiger partial charge in [0.2, 0.25) is 0 Å². The van der Waals surface area contributed by atoms with E-state index in [2.05, 4.69) is 5.32 Å². The molecule has 1 fully saturated rings. The van der Waals surface area contributed by atoms with Crippen molar-refractivity contribution in [1.29, 1.82) is 0 Å². The number of nitrogens with zero attached hydrogens (tertiary/aromatic N) is 1.